The van der Waals surface area contributed by atoms with Crippen LogP contribution in [0.5, 0.6) is 0 Å². The van der Waals surface area contributed by atoms with Gasteiger partial charge in [0.05, 0.1) is 0 Å². The molecule has 0 aliphatic rings. The van der Waals surface area contributed by atoms with Gasteiger partial charge in [-0.15, -0.1) is 0 Å². The fraction of sp³-hybridized carbons (Fsp3) is 0.917. The molecule has 0 N–H and O–H groups in total. The van der Waals surface area contributed by atoms with Crippen molar-refractivity contribution in [2.45, 2.75) is 52.7 Å². The maximum atomic E-state index is 11.3. The summed E-state index contributed by atoms with van der Waals surface area (Å²) in [5.41, 5.74) is 0.243. The topological polar surface area (TPSA) is 20.3 Å². The number of nitrogens with zero attached hydrogens (tertiary/aromatic N) is 1. The molecule has 1 unspecified atom stereocenters. The molecule has 1 atom stereocenters. The maximum absolute atomic E-state index is 11.3. The number of rotatable bonds is 4. The van der Waals surface area contributed by atoms with Gasteiger partial charge >= 0.3 is 0 Å². The molecule has 0 bridgehead atoms. The van der Waals surface area contributed by atoms with Crippen LogP contribution in [-0.4, -0.2) is 28.6 Å². The molecule has 0 radical (unpaired) electrons. The summed E-state index contributed by atoms with van der Waals surface area (Å²) in [7, 11) is 0. The average Bonchev–Trinajstić information content (AvgIpc) is 1.94. The molecule has 90 valence electrons. The summed E-state index contributed by atoms with van der Waals surface area (Å²) >= 11 is 4.67. The van der Waals surface area contributed by atoms with Crippen molar-refractivity contribution in [3.05, 3.63) is 0 Å². The smallest absolute Gasteiger partial charge is 0.219 e. The lowest BCUT2D eigenvalue weighted by Crippen LogP contribution is -2.41. The Hall–Kier alpha value is -0.180. The number of thiol groups is 1. The summed E-state index contributed by atoms with van der Waals surface area (Å²) in [6.07, 6.45) is 0.993. The van der Waals surface area contributed by atoms with E-state index in [-0.39, 0.29) is 16.1 Å². The molecular formula is C12H25NOS. The van der Waals surface area contributed by atoms with Crippen molar-refractivity contribution in [1.29, 1.82) is 0 Å². The van der Waals surface area contributed by atoms with Gasteiger partial charge in [-0.2, -0.15) is 12.6 Å². The highest BCUT2D eigenvalue weighted by molar-refractivity contribution is 7.81. The van der Waals surface area contributed by atoms with E-state index in [1.807, 2.05) is 11.8 Å². The molecule has 0 fully saturated rings. The van der Waals surface area contributed by atoms with E-state index in [1.54, 1.807) is 6.92 Å². The van der Waals surface area contributed by atoms with Crippen LogP contribution in [0.3, 0.4) is 0 Å². The van der Waals surface area contributed by atoms with E-state index >= 15 is 0 Å². The highest BCUT2D eigenvalue weighted by Gasteiger charge is 2.28. The summed E-state index contributed by atoms with van der Waals surface area (Å²) in [6.45, 7) is 13.8. The molecule has 0 aromatic heterocycles. The standard InChI is InChI=1S/C12H25NOS/c1-7-13(10(2)14)9-12(6,15)8-11(3,4)5/h15H,7-9H2,1-6H3. The molecule has 0 aromatic carbocycles. The minimum atomic E-state index is -0.111. The molecule has 0 rings (SSSR count). The first-order valence-corrected chi connectivity index (χ1v) is 6.00. The van der Waals surface area contributed by atoms with Crippen molar-refractivity contribution in [2.75, 3.05) is 13.1 Å². The van der Waals surface area contributed by atoms with Gasteiger partial charge in [0.15, 0.2) is 0 Å². The van der Waals surface area contributed by atoms with Crippen molar-refractivity contribution in [3.63, 3.8) is 0 Å². The average molecular weight is 231 g/mol. The van der Waals surface area contributed by atoms with Gasteiger partial charge in [0.2, 0.25) is 5.91 Å². The van der Waals surface area contributed by atoms with Gasteiger partial charge in [-0.25, -0.2) is 0 Å². The lowest BCUT2D eigenvalue weighted by molar-refractivity contribution is -0.129. The van der Waals surface area contributed by atoms with Gasteiger partial charge in [-0.1, -0.05) is 20.8 Å². The maximum Gasteiger partial charge on any atom is 0.219 e. The molecule has 0 saturated carbocycles. The minimum Gasteiger partial charge on any atom is -0.342 e. The zero-order chi connectivity index (χ0) is 12.3. The number of carbonyl (C=O) groups is 1. The van der Waals surface area contributed by atoms with Crippen LogP contribution in [0.4, 0.5) is 0 Å². The fourth-order valence-electron chi connectivity index (χ4n) is 2.06. The molecule has 2 nitrogen and oxygen atoms in total. The van der Waals surface area contributed by atoms with Crippen molar-refractivity contribution in [1.82, 2.24) is 4.90 Å². The Kier molecular flexibility index (Phi) is 5.18. The quantitative estimate of drug-likeness (QED) is 0.738. The van der Waals surface area contributed by atoms with E-state index in [0.29, 0.717) is 0 Å². The lowest BCUT2D eigenvalue weighted by atomic mass is 9.84. The monoisotopic (exact) mass is 231 g/mol. The second-order valence-electron chi connectivity index (χ2n) is 5.77. The highest BCUT2D eigenvalue weighted by Crippen LogP contribution is 2.32. The van der Waals surface area contributed by atoms with Crippen LogP contribution in [0.2, 0.25) is 0 Å². The fourth-order valence-corrected chi connectivity index (χ4v) is 2.70. The van der Waals surface area contributed by atoms with Crippen LogP contribution in [0.15, 0.2) is 0 Å². The van der Waals surface area contributed by atoms with Crippen LogP contribution < -0.4 is 0 Å². The molecule has 0 saturated heterocycles. The van der Waals surface area contributed by atoms with Gasteiger partial charge < -0.3 is 4.90 Å². The Labute approximate surface area is 99.8 Å². The summed E-state index contributed by atoms with van der Waals surface area (Å²) in [6, 6.07) is 0. The van der Waals surface area contributed by atoms with E-state index in [2.05, 4.69) is 40.3 Å². The predicted octanol–water partition coefficient (Wildman–Crippen LogP) is 2.98. The minimum absolute atomic E-state index is 0.111. The largest absolute Gasteiger partial charge is 0.342 e. The number of carbonyl (C=O) groups excluding carboxylic acids is 1. The molecule has 0 heterocycles. The third kappa shape index (κ3) is 6.82. The predicted molar refractivity (Wildman–Crippen MR) is 69.4 cm³/mol. The van der Waals surface area contributed by atoms with E-state index < -0.39 is 0 Å². The molecule has 0 aliphatic heterocycles. The summed E-state index contributed by atoms with van der Waals surface area (Å²) < 4.78 is -0.111. The van der Waals surface area contributed by atoms with Crippen LogP contribution >= 0.6 is 12.6 Å². The van der Waals surface area contributed by atoms with Gasteiger partial charge in [-0.3, -0.25) is 4.79 Å². The van der Waals surface area contributed by atoms with Gasteiger partial charge in [0, 0.05) is 24.8 Å². The Bertz CT molecular complexity index is 218. The van der Waals surface area contributed by atoms with E-state index in [1.165, 1.54) is 0 Å². The molecule has 15 heavy (non-hydrogen) atoms. The van der Waals surface area contributed by atoms with E-state index in [0.717, 1.165) is 19.5 Å². The van der Waals surface area contributed by atoms with Crippen LogP contribution in [-0.2, 0) is 4.79 Å². The first kappa shape index (κ1) is 14.8. The molecule has 0 aliphatic carbocycles. The number of hydrogen-bond acceptors (Lipinski definition) is 2. The van der Waals surface area contributed by atoms with Gasteiger partial charge in [0.1, 0.15) is 0 Å². The normalized spacial score (nSPS) is 15.9. The zero-order valence-corrected chi connectivity index (χ0v) is 11.8. The van der Waals surface area contributed by atoms with Crippen molar-refractivity contribution >= 4 is 18.5 Å². The lowest BCUT2D eigenvalue weighted by Gasteiger charge is -2.35. The van der Waals surface area contributed by atoms with Crippen molar-refractivity contribution in [2.24, 2.45) is 5.41 Å². The second-order valence-corrected chi connectivity index (χ2v) is 6.85. The van der Waals surface area contributed by atoms with Crippen molar-refractivity contribution < 1.29 is 4.79 Å². The van der Waals surface area contributed by atoms with Gasteiger partial charge in [0.25, 0.3) is 0 Å². The third-order valence-electron chi connectivity index (χ3n) is 2.27. The number of hydrogen-bond donors (Lipinski definition) is 1. The summed E-state index contributed by atoms with van der Waals surface area (Å²) in [5.74, 6) is 0.131. The summed E-state index contributed by atoms with van der Waals surface area (Å²) in [5, 5.41) is 0. The second kappa shape index (κ2) is 5.24. The Balaban J connectivity index is 4.41. The Morgan fingerprint density at radius 2 is 1.73 bits per heavy atom. The molecule has 0 spiro atoms. The van der Waals surface area contributed by atoms with Crippen LogP contribution in [0.25, 0.3) is 0 Å². The van der Waals surface area contributed by atoms with Gasteiger partial charge in [-0.05, 0) is 25.7 Å². The SMILES string of the molecule is CCN(CC(C)(S)CC(C)(C)C)C(C)=O. The summed E-state index contributed by atoms with van der Waals surface area (Å²) in [4.78, 5) is 13.2. The van der Waals surface area contributed by atoms with Crippen molar-refractivity contribution in [3.8, 4) is 0 Å². The first-order chi connectivity index (χ1) is 6.57. The molecule has 0 aromatic rings. The molecule has 3 heteroatoms. The van der Waals surface area contributed by atoms with E-state index in [4.69, 9.17) is 0 Å². The zero-order valence-electron chi connectivity index (χ0n) is 10.9. The molecular weight excluding hydrogens is 206 g/mol. The molecule has 1 amide bonds. The van der Waals surface area contributed by atoms with E-state index in [9.17, 15) is 4.79 Å². The number of amides is 1. The van der Waals surface area contributed by atoms with Crippen LogP contribution in [0.1, 0.15) is 48.0 Å². The van der Waals surface area contributed by atoms with Crippen LogP contribution in [0, 0.1) is 5.41 Å². The first-order valence-electron chi connectivity index (χ1n) is 5.55. The Morgan fingerprint density at radius 3 is 2.00 bits per heavy atom. The third-order valence-corrected chi connectivity index (χ3v) is 2.57. The Morgan fingerprint density at radius 1 is 1.27 bits per heavy atom. The highest BCUT2D eigenvalue weighted by atomic mass is 32.1.